The molecule has 3 nitrogen and oxygen atoms in total. The molecule has 0 spiro atoms. The van der Waals surface area contributed by atoms with Crippen molar-refractivity contribution in [3.8, 4) is 5.75 Å². The minimum atomic E-state index is -0.0169. The van der Waals surface area contributed by atoms with Gasteiger partial charge in [-0.1, -0.05) is 31.5 Å². The molecule has 1 aromatic carbocycles. The van der Waals surface area contributed by atoms with Crippen molar-refractivity contribution in [1.82, 2.24) is 4.90 Å². The van der Waals surface area contributed by atoms with Gasteiger partial charge in [-0.15, -0.1) is 0 Å². The van der Waals surface area contributed by atoms with Crippen molar-refractivity contribution in [2.45, 2.75) is 33.7 Å². The van der Waals surface area contributed by atoms with Gasteiger partial charge in [-0.3, -0.25) is 0 Å². The van der Waals surface area contributed by atoms with Crippen molar-refractivity contribution in [2.24, 2.45) is 11.1 Å². The van der Waals surface area contributed by atoms with E-state index in [2.05, 4.69) is 58.8 Å². The van der Waals surface area contributed by atoms with E-state index in [1.165, 1.54) is 16.7 Å². The molecule has 1 rings (SSSR count). The lowest BCUT2D eigenvalue weighted by atomic mass is 9.78. The molecule has 0 aliphatic heterocycles. The fourth-order valence-electron chi connectivity index (χ4n) is 2.98. The van der Waals surface area contributed by atoms with E-state index < -0.39 is 0 Å². The molecule has 1 aromatic rings. The highest BCUT2D eigenvalue weighted by atomic mass is 16.5. The van der Waals surface area contributed by atoms with Crippen molar-refractivity contribution in [2.75, 3.05) is 27.7 Å². The van der Waals surface area contributed by atoms with Crippen LogP contribution in [-0.2, 0) is 0 Å². The molecule has 108 valence electrons. The Morgan fingerprint density at radius 2 is 1.84 bits per heavy atom. The normalized spacial score (nSPS) is 13.7. The van der Waals surface area contributed by atoms with Crippen LogP contribution < -0.4 is 10.5 Å². The van der Waals surface area contributed by atoms with Crippen LogP contribution in [0.3, 0.4) is 0 Å². The number of nitrogens with zero attached hydrogens (tertiary/aromatic N) is 1. The number of nitrogens with two attached hydrogens (primary N) is 1. The van der Waals surface area contributed by atoms with Crippen molar-refractivity contribution in [1.29, 1.82) is 0 Å². The fourth-order valence-corrected chi connectivity index (χ4v) is 2.98. The number of methoxy groups -OCH3 is 1. The second-order valence-electron chi connectivity index (χ2n) is 6.26. The molecule has 0 saturated carbocycles. The molecule has 1 atom stereocenters. The van der Waals surface area contributed by atoms with Gasteiger partial charge < -0.3 is 15.4 Å². The lowest BCUT2D eigenvalue weighted by molar-refractivity contribution is 0.140. The summed E-state index contributed by atoms with van der Waals surface area (Å²) in [7, 11) is 5.93. The van der Waals surface area contributed by atoms with E-state index in [9.17, 15) is 0 Å². The number of aryl methyl sites for hydroxylation is 2. The SMILES string of the molecule is COc1c(C)cc(C)cc1C(N(C)C)C(C)(C)CN. The zero-order valence-corrected chi connectivity index (χ0v) is 13.4. The number of ether oxygens (including phenoxy) is 1. The molecule has 2 N–H and O–H groups in total. The van der Waals surface area contributed by atoms with E-state index in [0.29, 0.717) is 6.54 Å². The Morgan fingerprint density at radius 1 is 1.26 bits per heavy atom. The molecule has 0 aliphatic carbocycles. The summed E-state index contributed by atoms with van der Waals surface area (Å²) in [4.78, 5) is 2.23. The lowest BCUT2D eigenvalue weighted by Gasteiger charge is -2.39. The summed E-state index contributed by atoms with van der Waals surface area (Å²) >= 11 is 0. The van der Waals surface area contributed by atoms with E-state index in [-0.39, 0.29) is 11.5 Å². The standard InChI is InChI=1S/C16H28N2O/c1-11-8-12(2)14(19-7)13(9-11)15(18(5)6)16(3,4)10-17/h8-9,15H,10,17H2,1-7H3. The molecule has 0 heterocycles. The molecule has 0 amide bonds. The Kier molecular flexibility index (Phi) is 4.99. The molecule has 0 radical (unpaired) electrons. The van der Waals surface area contributed by atoms with Crippen LogP contribution in [0, 0.1) is 19.3 Å². The van der Waals surface area contributed by atoms with Crippen LogP contribution >= 0.6 is 0 Å². The molecule has 0 aliphatic rings. The van der Waals surface area contributed by atoms with Crippen LogP contribution in [0.4, 0.5) is 0 Å². The van der Waals surface area contributed by atoms with Gasteiger partial charge >= 0.3 is 0 Å². The number of hydrogen-bond acceptors (Lipinski definition) is 3. The fraction of sp³-hybridized carbons (Fsp3) is 0.625. The van der Waals surface area contributed by atoms with Crippen molar-refractivity contribution < 1.29 is 4.74 Å². The van der Waals surface area contributed by atoms with Gasteiger partial charge in [-0.25, -0.2) is 0 Å². The topological polar surface area (TPSA) is 38.5 Å². The predicted octanol–water partition coefficient (Wildman–Crippen LogP) is 2.90. The minimum absolute atomic E-state index is 0.0169. The lowest BCUT2D eigenvalue weighted by Crippen LogP contribution is -2.39. The van der Waals surface area contributed by atoms with Crippen LogP contribution in [0.25, 0.3) is 0 Å². The van der Waals surface area contributed by atoms with Gasteiger partial charge in [0.15, 0.2) is 0 Å². The Hall–Kier alpha value is -1.06. The van der Waals surface area contributed by atoms with Crippen molar-refractivity contribution >= 4 is 0 Å². The largest absolute Gasteiger partial charge is 0.496 e. The first-order chi connectivity index (χ1) is 8.74. The van der Waals surface area contributed by atoms with Crippen LogP contribution in [0.2, 0.25) is 0 Å². The van der Waals surface area contributed by atoms with Gasteiger partial charge in [-0.2, -0.15) is 0 Å². The molecular weight excluding hydrogens is 236 g/mol. The maximum absolute atomic E-state index is 5.98. The minimum Gasteiger partial charge on any atom is -0.496 e. The third-order valence-corrected chi connectivity index (χ3v) is 3.73. The number of rotatable bonds is 5. The van der Waals surface area contributed by atoms with E-state index >= 15 is 0 Å². The third-order valence-electron chi connectivity index (χ3n) is 3.73. The summed E-state index contributed by atoms with van der Waals surface area (Å²) in [5, 5.41) is 0. The smallest absolute Gasteiger partial charge is 0.126 e. The van der Waals surface area contributed by atoms with E-state index in [1.807, 2.05) is 0 Å². The molecule has 19 heavy (non-hydrogen) atoms. The highest BCUT2D eigenvalue weighted by Gasteiger charge is 2.33. The number of benzene rings is 1. The maximum Gasteiger partial charge on any atom is 0.126 e. The van der Waals surface area contributed by atoms with E-state index in [1.54, 1.807) is 7.11 Å². The second kappa shape index (κ2) is 5.93. The van der Waals surface area contributed by atoms with Crippen LogP contribution in [0.5, 0.6) is 5.75 Å². The average molecular weight is 264 g/mol. The van der Waals surface area contributed by atoms with Gasteiger partial charge in [0.1, 0.15) is 5.75 Å². The molecule has 0 bridgehead atoms. The second-order valence-corrected chi connectivity index (χ2v) is 6.26. The van der Waals surface area contributed by atoms with Crippen molar-refractivity contribution in [3.05, 3.63) is 28.8 Å². The highest BCUT2D eigenvalue weighted by Crippen LogP contribution is 2.42. The van der Waals surface area contributed by atoms with E-state index in [0.717, 1.165) is 5.75 Å². The summed E-state index contributed by atoms with van der Waals surface area (Å²) in [6.07, 6.45) is 0. The van der Waals surface area contributed by atoms with Crippen LogP contribution in [-0.4, -0.2) is 32.6 Å². The molecule has 3 heteroatoms. The quantitative estimate of drug-likeness (QED) is 0.888. The average Bonchev–Trinajstić information content (AvgIpc) is 2.27. The monoisotopic (exact) mass is 264 g/mol. The van der Waals surface area contributed by atoms with Gasteiger partial charge in [0.25, 0.3) is 0 Å². The van der Waals surface area contributed by atoms with Crippen LogP contribution in [0.1, 0.15) is 36.6 Å². The molecule has 0 aromatic heterocycles. The van der Waals surface area contributed by atoms with Crippen molar-refractivity contribution in [3.63, 3.8) is 0 Å². The van der Waals surface area contributed by atoms with E-state index in [4.69, 9.17) is 10.5 Å². The zero-order valence-electron chi connectivity index (χ0n) is 13.4. The van der Waals surface area contributed by atoms with Gasteiger partial charge in [-0.05, 0) is 45.5 Å². The number of hydrogen-bond donors (Lipinski definition) is 1. The van der Waals surface area contributed by atoms with Crippen LogP contribution in [0.15, 0.2) is 12.1 Å². The third kappa shape index (κ3) is 3.28. The summed E-state index contributed by atoms with van der Waals surface area (Å²) in [5.41, 5.74) is 9.62. The highest BCUT2D eigenvalue weighted by molar-refractivity contribution is 5.46. The Balaban J connectivity index is 3.47. The van der Waals surface area contributed by atoms with Gasteiger partial charge in [0.2, 0.25) is 0 Å². The van der Waals surface area contributed by atoms with Gasteiger partial charge in [0.05, 0.1) is 7.11 Å². The summed E-state index contributed by atoms with van der Waals surface area (Å²) in [6.45, 7) is 9.26. The maximum atomic E-state index is 5.98. The first-order valence-corrected chi connectivity index (χ1v) is 6.76. The predicted molar refractivity (Wildman–Crippen MR) is 81.7 cm³/mol. The molecule has 0 saturated heterocycles. The molecular formula is C16H28N2O. The Labute approximate surface area is 117 Å². The first-order valence-electron chi connectivity index (χ1n) is 6.76. The van der Waals surface area contributed by atoms with Gasteiger partial charge in [0, 0.05) is 11.6 Å². The molecule has 1 unspecified atom stereocenters. The first kappa shape index (κ1) is 16.0. The zero-order chi connectivity index (χ0) is 14.8. The summed E-state index contributed by atoms with van der Waals surface area (Å²) in [5.74, 6) is 0.978. The summed E-state index contributed by atoms with van der Waals surface area (Å²) in [6, 6.07) is 4.60. The molecule has 0 fully saturated rings. The Morgan fingerprint density at radius 3 is 2.26 bits per heavy atom. The summed E-state index contributed by atoms with van der Waals surface area (Å²) < 4.78 is 5.63. The Bertz CT molecular complexity index is 439.